The van der Waals surface area contributed by atoms with Crippen molar-refractivity contribution in [3.05, 3.63) is 11.1 Å². The topological polar surface area (TPSA) is 49.3 Å². The Bertz CT molecular complexity index is 215. The largest absolute Gasteiger partial charge is 0.478 e. The fourth-order valence-electron chi connectivity index (χ4n) is 1.14. The first-order valence-electron chi connectivity index (χ1n) is 5.32. The minimum Gasteiger partial charge on any atom is -0.478 e. The van der Waals surface area contributed by atoms with Crippen molar-refractivity contribution in [1.29, 1.82) is 0 Å². The lowest BCUT2D eigenvalue weighted by Crippen LogP contribution is -2.20. The van der Waals surface area contributed by atoms with Gasteiger partial charge in [-0.05, 0) is 38.3 Å². The van der Waals surface area contributed by atoms with Crippen molar-refractivity contribution < 1.29 is 9.90 Å². The Morgan fingerprint density at radius 2 is 2.13 bits per heavy atom. The van der Waals surface area contributed by atoms with Crippen LogP contribution in [0.25, 0.3) is 0 Å². The van der Waals surface area contributed by atoms with Gasteiger partial charge >= 0.3 is 5.97 Å². The van der Waals surface area contributed by atoms with E-state index in [1.54, 1.807) is 0 Å². The molecule has 0 saturated carbocycles. The van der Waals surface area contributed by atoms with Crippen molar-refractivity contribution >= 4 is 17.6 Å². The molecular weight excluding hydrogens is 214 g/mol. The second-order valence-corrected chi connectivity index (χ2v) is 4.47. The van der Waals surface area contributed by atoms with Gasteiger partial charge in [0.15, 0.2) is 0 Å². The van der Waals surface area contributed by atoms with Crippen molar-refractivity contribution in [2.24, 2.45) is 5.92 Å². The van der Waals surface area contributed by atoms with Crippen LogP contribution in [-0.4, -0.2) is 24.2 Å². The second-order valence-electron chi connectivity index (χ2n) is 3.98. The van der Waals surface area contributed by atoms with E-state index in [1.807, 2.05) is 0 Å². The number of hydrogen-bond donors (Lipinski definition) is 2. The zero-order valence-corrected chi connectivity index (χ0v) is 10.2. The molecule has 0 atom stereocenters. The minimum atomic E-state index is -0.974. The maximum absolute atomic E-state index is 10.2. The Kier molecular flexibility index (Phi) is 8.43. The van der Waals surface area contributed by atoms with E-state index in [2.05, 4.69) is 19.2 Å². The van der Waals surface area contributed by atoms with Crippen LogP contribution in [0.4, 0.5) is 0 Å². The molecule has 0 unspecified atom stereocenters. The van der Waals surface area contributed by atoms with Crippen molar-refractivity contribution in [2.45, 2.75) is 33.1 Å². The molecule has 0 amide bonds. The standard InChI is InChI=1S/C11H20ClNO2/c1-9(2)8-13-6-4-3-5-10(12)7-11(14)15/h7,9,13H,3-6,8H2,1-2H3,(H,14,15). The van der Waals surface area contributed by atoms with Crippen LogP contribution in [0.1, 0.15) is 33.1 Å². The number of halogens is 1. The van der Waals surface area contributed by atoms with Crippen LogP contribution in [0.3, 0.4) is 0 Å². The highest BCUT2D eigenvalue weighted by Crippen LogP contribution is 2.10. The number of hydrogen-bond acceptors (Lipinski definition) is 2. The normalized spacial score (nSPS) is 12.1. The molecule has 0 aromatic carbocycles. The predicted molar refractivity (Wildman–Crippen MR) is 63.1 cm³/mol. The van der Waals surface area contributed by atoms with Gasteiger partial charge in [-0.1, -0.05) is 25.4 Å². The van der Waals surface area contributed by atoms with E-state index in [4.69, 9.17) is 16.7 Å². The molecule has 3 nitrogen and oxygen atoms in total. The molecule has 15 heavy (non-hydrogen) atoms. The highest BCUT2D eigenvalue weighted by atomic mass is 35.5. The highest BCUT2D eigenvalue weighted by molar-refractivity contribution is 6.30. The van der Waals surface area contributed by atoms with E-state index < -0.39 is 5.97 Å². The summed E-state index contributed by atoms with van der Waals surface area (Å²) in [7, 11) is 0. The molecule has 88 valence electrons. The average Bonchev–Trinajstić information content (AvgIpc) is 2.09. The SMILES string of the molecule is CC(C)CNCCCCC(Cl)=CC(=O)O. The Hall–Kier alpha value is -0.540. The van der Waals surface area contributed by atoms with Crippen LogP contribution in [-0.2, 0) is 4.79 Å². The highest BCUT2D eigenvalue weighted by Gasteiger charge is 1.97. The summed E-state index contributed by atoms with van der Waals surface area (Å²) in [6.07, 6.45) is 3.66. The first-order valence-corrected chi connectivity index (χ1v) is 5.70. The first kappa shape index (κ1) is 14.5. The fraction of sp³-hybridized carbons (Fsp3) is 0.727. The molecule has 0 aromatic heterocycles. The average molecular weight is 234 g/mol. The third-order valence-corrected chi connectivity index (χ3v) is 2.15. The summed E-state index contributed by atoms with van der Waals surface area (Å²) in [6.45, 7) is 6.33. The van der Waals surface area contributed by atoms with Gasteiger partial charge in [-0.15, -0.1) is 0 Å². The zero-order chi connectivity index (χ0) is 11.7. The molecular formula is C11H20ClNO2. The molecule has 0 radical (unpaired) electrons. The van der Waals surface area contributed by atoms with Gasteiger partial charge in [0.2, 0.25) is 0 Å². The molecule has 0 saturated heterocycles. The molecule has 0 rings (SSSR count). The van der Waals surface area contributed by atoms with Crippen LogP contribution in [0, 0.1) is 5.92 Å². The van der Waals surface area contributed by atoms with Gasteiger partial charge in [0.05, 0.1) is 0 Å². The summed E-state index contributed by atoms with van der Waals surface area (Å²) in [5, 5.41) is 12.2. The van der Waals surface area contributed by atoms with Gasteiger partial charge in [-0.3, -0.25) is 0 Å². The predicted octanol–water partition coefficient (Wildman–Crippen LogP) is 2.61. The molecule has 0 heterocycles. The van der Waals surface area contributed by atoms with Crippen LogP contribution in [0.15, 0.2) is 11.1 Å². The first-order chi connectivity index (χ1) is 7.02. The lowest BCUT2D eigenvalue weighted by molar-refractivity contribution is -0.131. The number of carboxylic acid groups (broad SMARTS) is 1. The smallest absolute Gasteiger partial charge is 0.329 e. The van der Waals surface area contributed by atoms with E-state index in [-0.39, 0.29) is 0 Å². The Morgan fingerprint density at radius 1 is 1.47 bits per heavy atom. The van der Waals surface area contributed by atoms with Gasteiger partial charge in [0.1, 0.15) is 0 Å². The lowest BCUT2D eigenvalue weighted by atomic mass is 10.2. The van der Waals surface area contributed by atoms with Crippen LogP contribution in [0.2, 0.25) is 0 Å². The van der Waals surface area contributed by atoms with Gasteiger partial charge in [0, 0.05) is 11.1 Å². The number of carboxylic acids is 1. The maximum atomic E-state index is 10.2. The van der Waals surface area contributed by atoms with E-state index in [1.165, 1.54) is 0 Å². The summed E-state index contributed by atoms with van der Waals surface area (Å²) >= 11 is 5.70. The summed E-state index contributed by atoms with van der Waals surface area (Å²) < 4.78 is 0. The number of unbranched alkanes of at least 4 members (excludes halogenated alkanes) is 1. The summed E-state index contributed by atoms with van der Waals surface area (Å²) in [5.41, 5.74) is 0. The number of allylic oxidation sites excluding steroid dienone is 1. The fourth-order valence-corrected chi connectivity index (χ4v) is 1.37. The van der Waals surface area contributed by atoms with E-state index in [0.717, 1.165) is 32.0 Å². The van der Waals surface area contributed by atoms with Crippen molar-refractivity contribution in [2.75, 3.05) is 13.1 Å². The maximum Gasteiger partial charge on any atom is 0.329 e. The molecule has 0 fully saturated rings. The molecule has 0 aromatic rings. The quantitative estimate of drug-likeness (QED) is 0.501. The molecule has 0 aliphatic heterocycles. The number of carbonyl (C=O) groups is 1. The second kappa shape index (κ2) is 8.74. The van der Waals surface area contributed by atoms with Crippen LogP contribution < -0.4 is 5.32 Å². The Labute approximate surface area is 96.5 Å². The molecule has 4 heteroatoms. The molecule has 0 spiro atoms. The molecule has 0 aliphatic rings. The minimum absolute atomic E-state index is 0.423. The molecule has 0 aliphatic carbocycles. The van der Waals surface area contributed by atoms with E-state index >= 15 is 0 Å². The molecule has 0 bridgehead atoms. The third kappa shape index (κ3) is 11.4. The Morgan fingerprint density at radius 3 is 2.67 bits per heavy atom. The van der Waals surface area contributed by atoms with Crippen LogP contribution >= 0.6 is 11.6 Å². The van der Waals surface area contributed by atoms with Gasteiger partial charge in [-0.2, -0.15) is 0 Å². The summed E-state index contributed by atoms with van der Waals surface area (Å²) in [4.78, 5) is 10.2. The van der Waals surface area contributed by atoms with Gasteiger partial charge in [0.25, 0.3) is 0 Å². The van der Waals surface area contributed by atoms with E-state index in [0.29, 0.717) is 17.4 Å². The summed E-state index contributed by atoms with van der Waals surface area (Å²) in [6, 6.07) is 0. The number of aliphatic carboxylic acids is 1. The molecule has 2 N–H and O–H groups in total. The zero-order valence-electron chi connectivity index (χ0n) is 9.42. The van der Waals surface area contributed by atoms with Crippen molar-refractivity contribution in [3.63, 3.8) is 0 Å². The monoisotopic (exact) mass is 233 g/mol. The number of nitrogens with one attached hydrogen (secondary N) is 1. The van der Waals surface area contributed by atoms with Gasteiger partial charge in [-0.25, -0.2) is 4.79 Å². The van der Waals surface area contributed by atoms with Crippen molar-refractivity contribution in [3.8, 4) is 0 Å². The number of rotatable bonds is 8. The third-order valence-electron chi connectivity index (χ3n) is 1.85. The lowest BCUT2D eigenvalue weighted by Gasteiger charge is -2.06. The van der Waals surface area contributed by atoms with Crippen LogP contribution in [0.5, 0.6) is 0 Å². The van der Waals surface area contributed by atoms with Gasteiger partial charge < -0.3 is 10.4 Å². The summed E-state index contributed by atoms with van der Waals surface area (Å²) in [5.74, 6) is -0.307. The Balaban J connectivity index is 3.35. The van der Waals surface area contributed by atoms with Crippen molar-refractivity contribution in [1.82, 2.24) is 5.32 Å². The van der Waals surface area contributed by atoms with E-state index in [9.17, 15) is 4.79 Å².